The van der Waals surface area contributed by atoms with Crippen LogP contribution in [-0.2, 0) is 9.59 Å². The Hall–Kier alpha value is -1.57. The molecule has 2 aliphatic heterocycles. The Morgan fingerprint density at radius 1 is 1.36 bits per heavy atom. The average molecular weight is 322 g/mol. The SMILES string of the molecule is O=C1CSCN1CC(=O)N1CCC[C@@H]1c1noc(C2CC2)n1. The summed E-state index contributed by atoms with van der Waals surface area (Å²) in [5.41, 5.74) is 0. The fraction of sp³-hybridized carbons (Fsp3) is 0.714. The van der Waals surface area contributed by atoms with E-state index in [0.29, 0.717) is 35.8 Å². The molecule has 0 radical (unpaired) electrons. The number of carbonyl (C=O) groups excluding carboxylic acids is 2. The Balaban J connectivity index is 1.45. The summed E-state index contributed by atoms with van der Waals surface area (Å²) in [7, 11) is 0. The van der Waals surface area contributed by atoms with Crippen molar-refractivity contribution in [2.75, 3.05) is 24.7 Å². The van der Waals surface area contributed by atoms with Gasteiger partial charge in [0.25, 0.3) is 0 Å². The Morgan fingerprint density at radius 3 is 2.95 bits per heavy atom. The lowest BCUT2D eigenvalue weighted by molar-refractivity contribution is -0.138. The normalized spacial score (nSPS) is 25.3. The zero-order chi connectivity index (χ0) is 15.1. The van der Waals surface area contributed by atoms with E-state index < -0.39 is 0 Å². The Kier molecular flexibility index (Phi) is 3.56. The first-order valence-electron chi connectivity index (χ1n) is 7.71. The molecule has 118 valence electrons. The molecule has 2 amide bonds. The van der Waals surface area contributed by atoms with Gasteiger partial charge in [-0.15, -0.1) is 11.8 Å². The van der Waals surface area contributed by atoms with Gasteiger partial charge in [0.2, 0.25) is 17.7 Å². The highest BCUT2D eigenvalue weighted by atomic mass is 32.2. The molecule has 1 atom stereocenters. The lowest BCUT2D eigenvalue weighted by Crippen LogP contribution is -2.41. The molecule has 0 aromatic carbocycles. The molecule has 0 spiro atoms. The molecule has 1 aromatic rings. The van der Waals surface area contributed by atoms with Crippen LogP contribution in [0.2, 0.25) is 0 Å². The summed E-state index contributed by atoms with van der Waals surface area (Å²) in [5, 5.41) is 4.07. The highest BCUT2D eigenvalue weighted by Crippen LogP contribution is 2.40. The van der Waals surface area contributed by atoms with Crippen LogP contribution in [0.3, 0.4) is 0 Å². The molecule has 8 heteroatoms. The third-order valence-corrected chi connectivity index (χ3v) is 5.35. The van der Waals surface area contributed by atoms with Gasteiger partial charge in [-0.05, 0) is 25.7 Å². The minimum Gasteiger partial charge on any atom is -0.339 e. The second kappa shape index (κ2) is 5.57. The van der Waals surface area contributed by atoms with Crippen molar-refractivity contribution in [3.05, 3.63) is 11.7 Å². The quantitative estimate of drug-likeness (QED) is 0.827. The predicted octanol–water partition coefficient (Wildman–Crippen LogP) is 1.14. The number of thioether (sulfide) groups is 1. The first-order valence-corrected chi connectivity index (χ1v) is 8.86. The van der Waals surface area contributed by atoms with E-state index in [1.807, 2.05) is 0 Å². The largest absolute Gasteiger partial charge is 0.339 e. The van der Waals surface area contributed by atoms with Gasteiger partial charge in [0.1, 0.15) is 6.54 Å². The van der Waals surface area contributed by atoms with Crippen LogP contribution < -0.4 is 0 Å². The van der Waals surface area contributed by atoms with Gasteiger partial charge >= 0.3 is 0 Å². The van der Waals surface area contributed by atoms with Gasteiger partial charge in [-0.1, -0.05) is 5.16 Å². The van der Waals surface area contributed by atoms with Crippen LogP contribution in [0.15, 0.2) is 4.52 Å². The van der Waals surface area contributed by atoms with Crippen LogP contribution in [0.4, 0.5) is 0 Å². The Morgan fingerprint density at radius 2 is 2.23 bits per heavy atom. The standard InChI is InChI=1S/C14H18N4O3S/c19-11(6-17-8-22-7-12(17)20)18-5-1-2-10(18)13-15-14(21-16-13)9-3-4-9/h9-10H,1-8H2/t10-/m1/s1. The summed E-state index contributed by atoms with van der Waals surface area (Å²) >= 11 is 1.55. The monoisotopic (exact) mass is 322 g/mol. The van der Waals surface area contributed by atoms with E-state index in [2.05, 4.69) is 10.1 Å². The highest BCUT2D eigenvalue weighted by molar-refractivity contribution is 8.00. The molecule has 0 bridgehead atoms. The van der Waals surface area contributed by atoms with Crippen molar-refractivity contribution in [3.63, 3.8) is 0 Å². The van der Waals surface area contributed by atoms with Crippen molar-refractivity contribution >= 4 is 23.6 Å². The summed E-state index contributed by atoms with van der Waals surface area (Å²) in [5.74, 6) is 2.87. The number of rotatable bonds is 4. The van der Waals surface area contributed by atoms with Crippen molar-refractivity contribution in [2.45, 2.75) is 37.6 Å². The third-order valence-electron chi connectivity index (χ3n) is 4.41. The number of carbonyl (C=O) groups is 2. The number of amides is 2. The van der Waals surface area contributed by atoms with Gasteiger partial charge in [0.05, 0.1) is 17.7 Å². The topological polar surface area (TPSA) is 79.5 Å². The molecular weight excluding hydrogens is 304 g/mol. The summed E-state index contributed by atoms with van der Waals surface area (Å²) < 4.78 is 5.31. The Labute approximate surface area is 132 Å². The van der Waals surface area contributed by atoms with Crippen molar-refractivity contribution < 1.29 is 14.1 Å². The van der Waals surface area contributed by atoms with E-state index in [-0.39, 0.29) is 24.4 Å². The van der Waals surface area contributed by atoms with Crippen molar-refractivity contribution in [2.24, 2.45) is 0 Å². The number of hydrogen-bond donors (Lipinski definition) is 0. The Bertz CT molecular complexity index is 601. The molecule has 3 aliphatic rings. The molecule has 0 unspecified atom stereocenters. The second-order valence-corrected chi connectivity index (χ2v) is 7.03. The summed E-state index contributed by atoms with van der Waals surface area (Å²) in [6.45, 7) is 0.863. The third kappa shape index (κ3) is 2.60. The van der Waals surface area contributed by atoms with Gasteiger partial charge in [0, 0.05) is 12.5 Å². The van der Waals surface area contributed by atoms with E-state index in [9.17, 15) is 9.59 Å². The van der Waals surface area contributed by atoms with Crippen LogP contribution in [0.25, 0.3) is 0 Å². The van der Waals surface area contributed by atoms with Crippen molar-refractivity contribution in [3.8, 4) is 0 Å². The van der Waals surface area contributed by atoms with E-state index in [1.54, 1.807) is 21.6 Å². The van der Waals surface area contributed by atoms with Gasteiger partial charge < -0.3 is 14.3 Å². The van der Waals surface area contributed by atoms with Gasteiger partial charge in [-0.3, -0.25) is 9.59 Å². The molecule has 1 saturated carbocycles. The first-order chi connectivity index (χ1) is 10.7. The molecule has 1 aromatic heterocycles. The second-order valence-electron chi connectivity index (χ2n) is 6.08. The predicted molar refractivity (Wildman–Crippen MR) is 79.0 cm³/mol. The molecule has 22 heavy (non-hydrogen) atoms. The van der Waals surface area contributed by atoms with Crippen LogP contribution >= 0.6 is 11.8 Å². The molecule has 0 N–H and O–H groups in total. The molecule has 3 fully saturated rings. The molecule has 4 rings (SSSR count). The average Bonchev–Trinajstić information content (AvgIpc) is 2.92. The summed E-state index contributed by atoms with van der Waals surface area (Å²) in [6, 6.07) is -0.103. The van der Waals surface area contributed by atoms with Crippen LogP contribution in [-0.4, -0.2) is 56.5 Å². The van der Waals surface area contributed by atoms with Crippen molar-refractivity contribution in [1.82, 2.24) is 19.9 Å². The number of hydrogen-bond acceptors (Lipinski definition) is 6. The van der Waals surface area contributed by atoms with Gasteiger partial charge in [-0.2, -0.15) is 4.98 Å². The van der Waals surface area contributed by atoms with E-state index >= 15 is 0 Å². The van der Waals surface area contributed by atoms with Crippen LogP contribution in [0, 0.1) is 0 Å². The fourth-order valence-corrected chi connectivity index (χ4v) is 3.91. The maximum atomic E-state index is 12.5. The lowest BCUT2D eigenvalue weighted by Gasteiger charge is -2.24. The number of likely N-dealkylation sites (tertiary alicyclic amines) is 1. The summed E-state index contributed by atoms with van der Waals surface area (Å²) in [4.78, 5) is 32.1. The highest BCUT2D eigenvalue weighted by Gasteiger charge is 2.37. The number of aromatic nitrogens is 2. The lowest BCUT2D eigenvalue weighted by atomic mass is 10.2. The van der Waals surface area contributed by atoms with Gasteiger partial charge in [-0.25, -0.2) is 0 Å². The van der Waals surface area contributed by atoms with Gasteiger partial charge in [0.15, 0.2) is 5.82 Å². The van der Waals surface area contributed by atoms with Crippen molar-refractivity contribution in [1.29, 1.82) is 0 Å². The maximum Gasteiger partial charge on any atom is 0.242 e. The summed E-state index contributed by atoms with van der Waals surface area (Å²) in [6.07, 6.45) is 4.03. The van der Waals surface area contributed by atoms with Crippen LogP contribution in [0.5, 0.6) is 0 Å². The zero-order valence-electron chi connectivity index (χ0n) is 12.2. The fourth-order valence-electron chi connectivity index (χ4n) is 3.01. The number of nitrogens with zero attached hydrogens (tertiary/aromatic N) is 4. The molecule has 3 heterocycles. The minimum absolute atomic E-state index is 0.0175. The van der Waals surface area contributed by atoms with Crippen LogP contribution in [0.1, 0.15) is 49.4 Å². The molecule has 7 nitrogen and oxygen atoms in total. The first kappa shape index (κ1) is 14.0. The molecular formula is C14H18N4O3S. The smallest absolute Gasteiger partial charge is 0.242 e. The molecule has 2 saturated heterocycles. The molecule has 1 aliphatic carbocycles. The van der Waals surface area contributed by atoms with E-state index in [1.165, 1.54) is 0 Å². The zero-order valence-corrected chi connectivity index (χ0v) is 13.0. The minimum atomic E-state index is -0.103. The van der Waals surface area contributed by atoms with E-state index in [0.717, 1.165) is 25.7 Å². The van der Waals surface area contributed by atoms with E-state index in [4.69, 9.17) is 4.52 Å². The maximum absolute atomic E-state index is 12.5.